The molecule has 106 valence electrons. The summed E-state index contributed by atoms with van der Waals surface area (Å²) in [7, 11) is 0. The van der Waals surface area contributed by atoms with Crippen molar-refractivity contribution in [1.29, 1.82) is 0 Å². The molecule has 1 unspecified atom stereocenters. The Hall–Kier alpha value is -2.14. The summed E-state index contributed by atoms with van der Waals surface area (Å²) in [4.78, 5) is 16.1. The Labute approximate surface area is 118 Å². The molecule has 0 fully saturated rings. The van der Waals surface area contributed by atoms with Gasteiger partial charge >= 0.3 is 0 Å². The number of rotatable bonds is 5. The standard InChI is InChI=1S/C15H20N4O/c1-3-15(2,16)14(20)18-13-6-4-5-12(9-13)10-19-8-7-17-11-19/h4-9,11H,3,10,16H2,1-2H3,(H,18,20). The molecule has 0 saturated carbocycles. The fourth-order valence-corrected chi connectivity index (χ4v) is 1.77. The van der Waals surface area contributed by atoms with Gasteiger partial charge in [0.25, 0.3) is 0 Å². The summed E-state index contributed by atoms with van der Waals surface area (Å²) >= 11 is 0. The van der Waals surface area contributed by atoms with Gasteiger partial charge in [-0.1, -0.05) is 19.1 Å². The smallest absolute Gasteiger partial charge is 0.244 e. The highest BCUT2D eigenvalue weighted by atomic mass is 16.2. The summed E-state index contributed by atoms with van der Waals surface area (Å²) in [5, 5.41) is 2.86. The number of hydrogen-bond donors (Lipinski definition) is 2. The Kier molecular flexibility index (Phi) is 4.20. The monoisotopic (exact) mass is 272 g/mol. The van der Waals surface area contributed by atoms with Crippen LogP contribution < -0.4 is 11.1 Å². The maximum atomic E-state index is 12.0. The number of imidazole rings is 1. The summed E-state index contributed by atoms with van der Waals surface area (Å²) < 4.78 is 1.97. The molecule has 0 spiro atoms. The van der Waals surface area contributed by atoms with Crippen LogP contribution in [0.3, 0.4) is 0 Å². The molecule has 1 aromatic carbocycles. The van der Waals surface area contributed by atoms with E-state index in [1.165, 1.54) is 0 Å². The average molecular weight is 272 g/mol. The first-order valence-corrected chi connectivity index (χ1v) is 6.66. The van der Waals surface area contributed by atoms with Crippen LogP contribution in [0, 0.1) is 0 Å². The molecule has 1 aromatic heterocycles. The van der Waals surface area contributed by atoms with Gasteiger partial charge in [0.1, 0.15) is 0 Å². The number of nitrogens with one attached hydrogen (secondary N) is 1. The highest BCUT2D eigenvalue weighted by Crippen LogP contribution is 2.15. The van der Waals surface area contributed by atoms with Crippen LogP contribution in [-0.2, 0) is 11.3 Å². The van der Waals surface area contributed by atoms with Crippen LogP contribution in [0.4, 0.5) is 5.69 Å². The number of carbonyl (C=O) groups excluding carboxylic acids is 1. The second-order valence-corrected chi connectivity index (χ2v) is 5.16. The summed E-state index contributed by atoms with van der Waals surface area (Å²) in [6, 6.07) is 7.74. The van der Waals surface area contributed by atoms with Crippen LogP contribution in [0.25, 0.3) is 0 Å². The lowest BCUT2D eigenvalue weighted by Gasteiger charge is -2.21. The van der Waals surface area contributed by atoms with E-state index < -0.39 is 5.54 Å². The van der Waals surface area contributed by atoms with Gasteiger partial charge in [0.2, 0.25) is 5.91 Å². The van der Waals surface area contributed by atoms with E-state index in [0.29, 0.717) is 6.42 Å². The average Bonchev–Trinajstić information content (AvgIpc) is 2.92. The van der Waals surface area contributed by atoms with Crippen molar-refractivity contribution in [1.82, 2.24) is 9.55 Å². The first kappa shape index (κ1) is 14.3. The molecule has 5 heteroatoms. The van der Waals surface area contributed by atoms with Gasteiger partial charge in [-0.05, 0) is 31.0 Å². The minimum atomic E-state index is -0.847. The predicted octanol–water partition coefficient (Wildman–Crippen LogP) is 2.00. The molecule has 1 amide bonds. The molecule has 0 aliphatic rings. The van der Waals surface area contributed by atoms with Crippen LogP contribution in [0.15, 0.2) is 43.0 Å². The fourth-order valence-electron chi connectivity index (χ4n) is 1.77. The number of benzene rings is 1. The van der Waals surface area contributed by atoms with Crippen LogP contribution >= 0.6 is 0 Å². The van der Waals surface area contributed by atoms with Gasteiger partial charge in [0.15, 0.2) is 0 Å². The molecule has 0 bridgehead atoms. The lowest BCUT2D eigenvalue weighted by atomic mass is 9.99. The Morgan fingerprint density at radius 1 is 1.50 bits per heavy atom. The Bertz CT molecular complexity index is 575. The fraction of sp³-hybridized carbons (Fsp3) is 0.333. The minimum absolute atomic E-state index is 0.167. The molecule has 0 aliphatic heterocycles. The molecule has 3 N–H and O–H groups in total. The topological polar surface area (TPSA) is 72.9 Å². The van der Waals surface area contributed by atoms with Crippen molar-refractivity contribution >= 4 is 11.6 Å². The molecule has 2 aromatic rings. The SMILES string of the molecule is CCC(C)(N)C(=O)Nc1cccc(Cn2ccnc2)c1. The molecule has 0 aliphatic carbocycles. The zero-order valence-electron chi connectivity index (χ0n) is 11.8. The Morgan fingerprint density at radius 3 is 2.95 bits per heavy atom. The van der Waals surface area contributed by atoms with Crippen molar-refractivity contribution < 1.29 is 4.79 Å². The number of hydrogen-bond acceptors (Lipinski definition) is 3. The van der Waals surface area contributed by atoms with Gasteiger partial charge in [-0.2, -0.15) is 0 Å². The van der Waals surface area contributed by atoms with Crippen molar-refractivity contribution in [3.8, 4) is 0 Å². The van der Waals surface area contributed by atoms with E-state index in [1.807, 2.05) is 42.0 Å². The summed E-state index contributed by atoms with van der Waals surface area (Å²) in [5.74, 6) is -0.167. The van der Waals surface area contributed by atoms with Gasteiger partial charge in [-0.3, -0.25) is 4.79 Å². The van der Waals surface area contributed by atoms with E-state index in [4.69, 9.17) is 5.73 Å². The van der Waals surface area contributed by atoms with E-state index in [1.54, 1.807) is 19.4 Å². The number of nitrogens with zero attached hydrogens (tertiary/aromatic N) is 2. The molecule has 0 saturated heterocycles. The van der Waals surface area contributed by atoms with Gasteiger partial charge in [-0.25, -0.2) is 4.98 Å². The lowest BCUT2D eigenvalue weighted by Crippen LogP contribution is -2.47. The summed E-state index contributed by atoms with van der Waals surface area (Å²) in [6.45, 7) is 4.35. The van der Waals surface area contributed by atoms with Crippen molar-refractivity contribution in [3.05, 3.63) is 48.5 Å². The van der Waals surface area contributed by atoms with E-state index in [2.05, 4.69) is 10.3 Å². The van der Waals surface area contributed by atoms with E-state index in [0.717, 1.165) is 17.8 Å². The maximum Gasteiger partial charge on any atom is 0.244 e. The van der Waals surface area contributed by atoms with Crippen molar-refractivity contribution in [3.63, 3.8) is 0 Å². The largest absolute Gasteiger partial charge is 0.333 e. The number of anilines is 1. The van der Waals surface area contributed by atoms with Gasteiger partial charge < -0.3 is 15.6 Å². The Balaban J connectivity index is 2.08. The van der Waals surface area contributed by atoms with Gasteiger partial charge in [-0.15, -0.1) is 0 Å². The molecule has 20 heavy (non-hydrogen) atoms. The third kappa shape index (κ3) is 3.45. The maximum absolute atomic E-state index is 12.0. The zero-order chi connectivity index (χ0) is 14.6. The highest BCUT2D eigenvalue weighted by molar-refractivity contribution is 5.97. The molecule has 5 nitrogen and oxygen atoms in total. The van der Waals surface area contributed by atoms with Crippen LogP contribution in [0.1, 0.15) is 25.8 Å². The summed E-state index contributed by atoms with van der Waals surface area (Å²) in [6.07, 6.45) is 6.00. The van der Waals surface area contributed by atoms with E-state index in [9.17, 15) is 4.79 Å². The molecule has 1 heterocycles. The van der Waals surface area contributed by atoms with Crippen molar-refractivity contribution in [2.24, 2.45) is 5.73 Å². The number of carbonyl (C=O) groups is 1. The molecule has 0 radical (unpaired) electrons. The number of nitrogens with two attached hydrogens (primary N) is 1. The second-order valence-electron chi connectivity index (χ2n) is 5.16. The third-order valence-electron chi connectivity index (χ3n) is 3.36. The molecule has 2 rings (SSSR count). The first-order valence-electron chi connectivity index (χ1n) is 6.66. The highest BCUT2D eigenvalue weighted by Gasteiger charge is 2.25. The molecule has 1 atom stereocenters. The van der Waals surface area contributed by atoms with Gasteiger partial charge in [0, 0.05) is 24.6 Å². The quantitative estimate of drug-likeness (QED) is 0.874. The van der Waals surface area contributed by atoms with Crippen LogP contribution in [0.5, 0.6) is 0 Å². The van der Waals surface area contributed by atoms with Crippen molar-refractivity contribution in [2.45, 2.75) is 32.4 Å². The zero-order valence-corrected chi connectivity index (χ0v) is 11.8. The number of aromatic nitrogens is 2. The second kappa shape index (κ2) is 5.88. The third-order valence-corrected chi connectivity index (χ3v) is 3.36. The predicted molar refractivity (Wildman–Crippen MR) is 79.3 cm³/mol. The minimum Gasteiger partial charge on any atom is -0.333 e. The van der Waals surface area contributed by atoms with Crippen LogP contribution in [0.2, 0.25) is 0 Å². The summed E-state index contributed by atoms with van der Waals surface area (Å²) in [5.41, 5.74) is 6.94. The number of amides is 1. The first-order chi connectivity index (χ1) is 9.51. The van der Waals surface area contributed by atoms with E-state index in [-0.39, 0.29) is 5.91 Å². The van der Waals surface area contributed by atoms with E-state index >= 15 is 0 Å². The lowest BCUT2D eigenvalue weighted by molar-refractivity contribution is -0.120. The molecular weight excluding hydrogens is 252 g/mol. The molecular formula is C15H20N4O. The van der Waals surface area contributed by atoms with Crippen molar-refractivity contribution in [2.75, 3.05) is 5.32 Å². The Morgan fingerprint density at radius 2 is 2.30 bits per heavy atom. The normalized spacial score (nSPS) is 13.8. The van der Waals surface area contributed by atoms with Gasteiger partial charge in [0.05, 0.1) is 11.9 Å². The van der Waals surface area contributed by atoms with Crippen LogP contribution in [-0.4, -0.2) is 21.0 Å².